The molecular weight excluding hydrogens is 226 g/mol. The summed E-state index contributed by atoms with van der Waals surface area (Å²) in [6, 6.07) is 3.92. The molecule has 3 nitrogen and oxygen atoms in total. The van der Waals surface area contributed by atoms with Gasteiger partial charge in [0.05, 0.1) is 11.1 Å². The van der Waals surface area contributed by atoms with Gasteiger partial charge in [0.25, 0.3) is 0 Å². The first-order chi connectivity index (χ1) is 8.51. The summed E-state index contributed by atoms with van der Waals surface area (Å²) in [4.78, 5) is 11.5. The van der Waals surface area contributed by atoms with Crippen LogP contribution in [0.1, 0.15) is 41.0 Å². The Morgan fingerprint density at radius 2 is 1.94 bits per heavy atom. The Kier molecular flexibility index (Phi) is 3.16. The first kappa shape index (κ1) is 12.7. The third-order valence-corrected chi connectivity index (χ3v) is 3.75. The van der Waals surface area contributed by atoms with E-state index in [0.29, 0.717) is 5.56 Å². The Labute approximate surface area is 107 Å². The van der Waals surface area contributed by atoms with Gasteiger partial charge in [-0.15, -0.1) is 0 Å². The lowest BCUT2D eigenvalue weighted by Gasteiger charge is -2.08. The van der Waals surface area contributed by atoms with Gasteiger partial charge in [-0.3, -0.25) is 0 Å². The maximum Gasteiger partial charge on any atom is 0.337 e. The minimum Gasteiger partial charge on any atom is -0.478 e. The number of aromatic nitrogens is 1. The quantitative estimate of drug-likeness (QED) is 0.898. The molecule has 18 heavy (non-hydrogen) atoms. The monoisotopic (exact) mass is 245 g/mol. The van der Waals surface area contributed by atoms with Crippen LogP contribution >= 0.6 is 0 Å². The van der Waals surface area contributed by atoms with Crippen molar-refractivity contribution in [3.8, 4) is 0 Å². The summed E-state index contributed by atoms with van der Waals surface area (Å²) < 4.78 is 2.09. The van der Waals surface area contributed by atoms with Crippen LogP contribution in [0.5, 0.6) is 0 Å². The van der Waals surface area contributed by atoms with E-state index in [4.69, 9.17) is 0 Å². The molecule has 0 amide bonds. The van der Waals surface area contributed by atoms with Gasteiger partial charge >= 0.3 is 5.97 Å². The van der Waals surface area contributed by atoms with Crippen molar-refractivity contribution in [3.63, 3.8) is 0 Å². The second-order valence-electron chi connectivity index (χ2n) is 4.65. The molecule has 0 aliphatic carbocycles. The van der Waals surface area contributed by atoms with E-state index in [9.17, 15) is 9.90 Å². The number of hydrogen-bond acceptors (Lipinski definition) is 1. The van der Waals surface area contributed by atoms with E-state index < -0.39 is 5.97 Å². The Balaban J connectivity index is 2.96. The molecule has 2 aromatic rings. The number of aromatic carboxylic acids is 1. The fourth-order valence-corrected chi connectivity index (χ4v) is 2.60. The Morgan fingerprint density at radius 3 is 2.44 bits per heavy atom. The third kappa shape index (κ3) is 1.70. The number of carboxylic acid groups (broad SMARTS) is 1. The first-order valence-corrected chi connectivity index (χ1v) is 6.36. The number of carbonyl (C=O) groups is 1. The summed E-state index contributed by atoms with van der Waals surface area (Å²) in [5.41, 5.74) is 4.70. The van der Waals surface area contributed by atoms with Crippen molar-refractivity contribution in [1.82, 2.24) is 4.57 Å². The second-order valence-corrected chi connectivity index (χ2v) is 4.65. The number of hydrogen-bond donors (Lipinski definition) is 1. The standard InChI is InChI=1S/C15H19NO2/c1-5-11-7-12-9(3)10(4)16(6-2)14(12)13(8-11)15(17)18/h7-8H,5-6H2,1-4H3,(H,17,18). The van der Waals surface area contributed by atoms with E-state index in [1.807, 2.05) is 13.8 Å². The lowest BCUT2D eigenvalue weighted by atomic mass is 10.0. The maximum absolute atomic E-state index is 11.5. The van der Waals surface area contributed by atoms with Gasteiger partial charge in [-0.25, -0.2) is 4.79 Å². The van der Waals surface area contributed by atoms with Crippen LogP contribution in [0.15, 0.2) is 12.1 Å². The van der Waals surface area contributed by atoms with Crippen molar-refractivity contribution in [2.45, 2.75) is 40.7 Å². The SMILES string of the molecule is CCc1cc(C(=O)O)c2c(c1)c(C)c(C)n2CC. The van der Waals surface area contributed by atoms with Crippen LogP contribution < -0.4 is 0 Å². The number of benzene rings is 1. The summed E-state index contributed by atoms with van der Waals surface area (Å²) in [6.07, 6.45) is 0.853. The molecule has 0 saturated carbocycles. The van der Waals surface area contributed by atoms with Crippen LogP contribution in [-0.4, -0.2) is 15.6 Å². The summed E-state index contributed by atoms with van der Waals surface area (Å²) in [5.74, 6) is -0.845. The second kappa shape index (κ2) is 4.48. The zero-order valence-electron chi connectivity index (χ0n) is 11.4. The van der Waals surface area contributed by atoms with Gasteiger partial charge in [0.2, 0.25) is 0 Å². The van der Waals surface area contributed by atoms with E-state index in [2.05, 4.69) is 24.5 Å². The molecule has 0 aliphatic rings. The number of nitrogens with zero attached hydrogens (tertiary/aromatic N) is 1. The van der Waals surface area contributed by atoms with E-state index >= 15 is 0 Å². The number of rotatable bonds is 3. The molecule has 0 unspecified atom stereocenters. The van der Waals surface area contributed by atoms with E-state index in [1.54, 1.807) is 6.07 Å². The highest BCUT2D eigenvalue weighted by Crippen LogP contribution is 2.29. The van der Waals surface area contributed by atoms with E-state index in [0.717, 1.165) is 35.1 Å². The van der Waals surface area contributed by atoms with Gasteiger partial charge in [-0.2, -0.15) is 0 Å². The summed E-state index contributed by atoms with van der Waals surface area (Å²) >= 11 is 0. The van der Waals surface area contributed by atoms with Gasteiger partial charge in [-0.05, 0) is 50.5 Å². The van der Waals surface area contributed by atoms with Crippen molar-refractivity contribution in [2.75, 3.05) is 0 Å². The first-order valence-electron chi connectivity index (χ1n) is 6.36. The molecule has 2 rings (SSSR count). The van der Waals surface area contributed by atoms with E-state index in [-0.39, 0.29) is 0 Å². The topological polar surface area (TPSA) is 42.2 Å². The number of aryl methyl sites for hydroxylation is 3. The highest BCUT2D eigenvalue weighted by Gasteiger charge is 2.18. The lowest BCUT2D eigenvalue weighted by Crippen LogP contribution is -2.04. The minimum absolute atomic E-state index is 0.419. The lowest BCUT2D eigenvalue weighted by molar-refractivity contribution is 0.0698. The number of carboxylic acids is 1. The predicted octanol–water partition coefficient (Wildman–Crippen LogP) is 3.54. The maximum atomic E-state index is 11.5. The highest BCUT2D eigenvalue weighted by atomic mass is 16.4. The van der Waals surface area contributed by atoms with Crippen molar-refractivity contribution in [2.24, 2.45) is 0 Å². The fourth-order valence-electron chi connectivity index (χ4n) is 2.60. The molecular formula is C15H19NO2. The van der Waals surface area contributed by atoms with Crippen molar-refractivity contribution >= 4 is 16.9 Å². The average Bonchev–Trinajstić information content (AvgIpc) is 2.60. The van der Waals surface area contributed by atoms with Crippen molar-refractivity contribution in [3.05, 3.63) is 34.5 Å². The van der Waals surface area contributed by atoms with Gasteiger partial charge in [0, 0.05) is 17.6 Å². The number of fused-ring (bicyclic) bond motifs is 1. The summed E-state index contributed by atoms with van der Waals surface area (Å²) in [6.45, 7) is 9.00. The summed E-state index contributed by atoms with van der Waals surface area (Å²) in [5, 5.41) is 10.5. The molecule has 0 spiro atoms. The van der Waals surface area contributed by atoms with Crippen molar-refractivity contribution in [1.29, 1.82) is 0 Å². The molecule has 0 saturated heterocycles. The van der Waals surface area contributed by atoms with Gasteiger partial charge in [0.1, 0.15) is 0 Å². The zero-order chi connectivity index (χ0) is 13.4. The molecule has 0 fully saturated rings. The Hall–Kier alpha value is -1.77. The van der Waals surface area contributed by atoms with Crippen LogP contribution in [0.4, 0.5) is 0 Å². The van der Waals surface area contributed by atoms with Crippen LogP contribution in [0, 0.1) is 13.8 Å². The third-order valence-electron chi connectivity index (χ3n) is 3.75. The molecule has 3 heteroatoms. The highest BCUT2D eigenvalue weighted by molar-refractivity contribution is 6.04. The van der Waals surface area contributed by atoms with Crippen LogP contribution in [0.3, 0.4) is 0 Å². The molecule has 1 aromatic carbocycles. The van der Waals surface area contributed by atoms with Gasteiger partial charge in [-0.1, -0.05) is 6.92 Å². The van der Waals surface area contributed by atoms with E-state index in [1.165, 1.54) is 5.56 Å². The fraction of sp³-hybridized carbons (Fsp3) is 0.400. The molecule has 1 heterocycles. The molecule has 1 N–H and O–H groups in total. The minimum atomic E-state index is -0.845. The van der Waals surface area contributed by atoms with Gasteiger partial charge in [0.15, 0.2) is 0 Å². The van der Waals surface area contributed by atoms with Crippen LogP contribution in [0.2, 0.25) is 0 Å². The average molecular weight is 245 g/mol. The molecule has 96 valence electrons. The van der Waals surface area contributed by atoms with Crippen LogP contribution in [0.25, 0.3) is 10.9 Å². The molecule has 0 bridgehead atoms. The van der Waals surface area contributed by atoms with Crippen LogP contribution in [-0.2, 0) is 13.0 Å². The largest absolute Gasteiger partial charge is 0.478 e. The predicted molar refractivity (Wildman–Crippen MR) is 73.4 cm³/mol. The Morgan fingerprint density at radius 1 is 1.28 bits per heavy atom. The Bertz CT molecular complexity index is 623. The van der Waals surface area contributed by atoms with Gasteiger partial charge < -0.3 is 9.67 Å². The normalized spacial score (nSPS) is 11.1. The zero-order valence-corrected chi connectivity index (χ0v) is 11.4. The smallest absolute Gasteiger partial charge is 0.337 e. The summed E-state index contributed by atoms with van der Waals surface area (Å²) in [7, 11) is 0. The molecule has 0 atom stereocenters. The van der Waals surface area contributed by atoms with Crippen molar-refractivity contribution < 1.29 is 9.90 Å². The molecule has 1 aromatic heterocycles. The molecule has 0 aliphatic heterocycles. The molecule has 0 radical (unpaired) electrons.